The number of nitrogens with two attached hydrogens (primary N) is 1. The molecule has 1 atom stereocenters. The van der Waals surface area contributed by atoms with Crippen LogP contribution in [-0.2, 0) is 17.8 Å². The van der Waals surface area contributed by atoms with E-state index in [0.717, 1.165) is 21.3 Å². The molecule has 0 heterocycles. The van der Waals surface area contributed by atoms with Gasteiger partial charge in [0.15, 0.2) is 0 Å². The van der Waals surface area contributed by atoms with Gasteiger partial charge < -0.3 is 15.8 Å². The standard InChI is InChI=1S/C18H20BrFN2O2/c1-24-17-7-4-15(19)9-13(17)10-22-11-14(18(21)23)8-12-2-5-16(20)6-3-12/h2-7,9,14,22H,8,10-11H2,1H3,(H2,21,23)/t14-/m0/s1. The van der Waals surface area contributed by atoms with E-state index < -0.39 is 0 Å². The quantitative estimate of drug-likeness (QED) is 0.722. The summed E-state index contributed by atoms with van der Waals surface area (Å²) in [5.74, 6) is -0.268. The maximum Gasteiger partial charge on any atom is 0.222 e. The van der Waals surface area contributed by atoms with Gasteiger partial charge in [0.05, 0.1) is 13.0 Å². The summed E-state index contributed by atoms with van der Waals surface area (Å²) in [5.41, 5.74) is 7.35. The summed E-state index contributed by atoms with van der Waals surface area (Å²) in [6.07, 6.45) is 0.470. The molecule has 24 heavy (non-hydrogen) atoms. The molecule has 128 valence electrons. The fourth-order valence-electron chi connectivity index (χ4n) is 2.44. The first kappa shape index (κ1) is 18.4. The lowest BCUT2D eigenvalue weighted by Gasteiger charge is -2.16. The van der Waals surface area contributed by atoms with Crippen LogP contribution in [-0.4, -0.2) is 19.6 Å². The lowest BCUT2D eigenvalue weighted by atomic mass is 9.98. The molecule has 6 heteroatoms. The second-order valence-electron chi connectivity index (χ2n) is 5.52. The molecule has 2 aromatic carbocycles. The van der Waals surface area contributed by atoms with Gasteiger partial charge >= 0.3 is 0 Å². The second kappa shape index (κ2) is 8.80. The number of methoxy groups -OCH3 is 1. The van der Waals surface area contributed by atoms with Crippen LogP contribution in [0, 0.1) is 11.7 Å². The van der Waals surface area contributed by atoms with Gasteiger partial charge in [-0.15, -0.1) is 0 Å². The summed E-state index contributed by atoms with van der Waals surface area (Å²) in [7, 11) is 1.62. The van der Waals surface area contributed by atoms with E-state index in [1.54, 1.807) is 19.2 Å². The molecule has 0 fully saturated rings. The summed E-state index contributed by atoms with van der Waals surface area (Å²) in [6, 6.07) is 11.9. The monoisotopic (exact) mass is 394 g/mol. The smallest absolute Gasteiger partial charge is 0.222 e. The normalized spacial score (nSPS) is 12.0. The highest BCUT2D eigenvalue weighted by Gasteiger charge is 2.16. The van der Waals surface area contributed by atoms with Gasteiger partial charge in [0, 0.05) is 23.1 Å². The van der Waals surface area contributed by atoms with Gasteiger partial charge in [-0.2, -0.15) is 0 Å². The van der Waals surface area contributed by atoms with Crippen molar-refractivity contribution >= 4 is 21.8 Å². The number of nitrogens with one attached hydrogen (secondary N) is 1. The van der Waals surface area contributed by atoms with Crippen LogP contribution < -0.4 is 15.8 Å². The van der Waals surface area contributed by atoms with E-state index in [-0.39, 0.29) is 17.6 Å². The van der Waals surface area contributed by atoms with Gasteiger partial charge in [-0.1, -0.05) is 28.1 Å². The van der Waals surface area contributed by atoms with Crippen molar-refractivity contribution in [1.82, 2.24) is 5.32 Å². The van der Waals surface area contributed by atoms with Gasteiger partial charge in [-0.05, 0) is 42.3 Å². The van der Waals surface area contributed by atoms with Crippen molar-refractivity contribution in [1.29, 1.82) is 0 Å². The Bertz CT molecular complexity index is 692. The summed E-state index contributed by atoms with van der Waals surface area (Å²) >= 11 is 3.43. The third-order valence-corrected chi connectivity index (χ3v) is 4.24. The van der Waals surface area contributed by atoms with Crippen molar-refractivity contribution in [2.45, 2.75) is 13.0 Å². The highest BCUT2D eigenvalue weighted by Crippen LogP contribution is 2.22. The Balaban J connectivity index is 1.96. The molecule has 0 aromatic heterocycles. The van der Waals surface area contributed by atoms with Crippen LogP contribution in [0.3, 0.4) is 0 Å². The zero-order chi connectivity index (χ0) is 17.5. The molecule has 1 amide bonds. The predicted octanol–water partition coefficient (Wildman–Crippen LogP) is 3.03. The summed E-state index contributed by atoms with van der Waals surface area (Å²) in [4.78, 5) is 11.7. The van der Waals surface area contributed by atoms with Crippen molar-refractivity contribution in [2.24, 2.45) is 11.7 Å². The van der Waals surface area contributed by atoms with Crippen molar-refractivity contribution in [3.8, 4) is 5.75 Å². The van der Waals surface area contributed by atoms with Gasteiger partial charge in [0.1, 0.15) is 11.6 Å². The largest absolute Gasteiger partial charge is 0.496 e. The van der Waals surface area contributed by atoms with Crippen LogP contribution in [0.25, 0.3) is 0 Å². The van der Waals surface area contributed by atoms with Gasteiger partial charge in [0.2, 0.25) is 5.91 Å². The van der Waals surface area contributed by atoms with Crippen LogP contribution in [0.4, 0.5) is 4.39 Å². The Morgan fingerprint density at radius 2 is 2.00 bits per heavy atom. The van der Waals surface area contributed by atoms with E-state index in [9.17, 15) is 9.18 Å². The molecule has 0 radical (unpaired) electrons. The molecular formula is C18H20BrFN2O2. The Labute approximate surface area is 149 Å². The zero-order valence-corrected chi connectivity index (χ0v) is 15.0. The number of rotatable bonds is 8. The minimum Gasteiger partial charge on any atom is -0.496 e. The minimum atomic E-state index is -0.381. The molecule has 4 nitrogen and oxygen atoms in total. The number of primary amides is 1. The average Bonchev–Trinajstić information content (AvgIpc) is 2.56. The summed E-state index contributed by atoms with van der Waals surface area (Å²) < 4.78 is 19.2. The van der Waals surface area contributed by atoms with Gasteiger partial charge in [-0.3, -0.25) is 4.79 Å². The highest BCUT2D eigenvalue weighted by atomic mass is 79.9. The van der Waals surface area contributed by atoms with Crippen molar-refractivity contribution in [3.05, 3.63) is 63.9 Å². The zero-order valence-electron chi connectivity index (χ0n) is 13.4. The topological polar surface area (TPSA) is 64.3 Å². The molecule has 0 aliphatic carbocycles. The number of carbonyl (C=O) groups is 1. The third kappa shape index (κ3) is 5.32. The molecule has 0 saturated carbocycles. The van der Waals surface area contributed by atoms with Crippen molar-refractivity contribution in [3.63, 3.8) is 0 Å². The number of benzene rings is 2. The lowest BCUT2D eigenvalue weighted by molar-refractivity contribution is -0.121. The molecule has 0 unspecified atom stereocenters. The predicted molar refractivity (Wildman–Crippen MR) is 95.2 cm³/mol. The van der Waals surface area contributed by atoms with Crippen molar-refractivity contribution < 1.29 is 13.9 Å². The molecular weight excluding hydrogens is 375 g/mol. The Morgan fingerprint density at radius 3 is 2.62 bits per heavy atom. The number of hydrogen-bond acceptors (Lipinski definition) is 3. The first-order chi connectivity index (χ1) is 11.5. The summed E-state index contributed by atoms with van der Waals surface area (Å²) in [6.45, 7) is 0.984. The van der Waals surface area contributed by atoms with E-state index in [2.05, 4.69) is 21.2 Å². The molecule has 0 bridgehead atoms. The number of halogens is 2. The Morgan fingerprint density at radius 1 is 1.29 bits per heavy atom. The molecule has 0 saturated heterocycles. The van der Waals surface area contributed by atoms with Crippen LogP contribution in [0.15, 0.2) is 46.9 Å². The first-order valence-electron chi connectivity index (χ1n) is 7.56. The highest BCUT2D eigenvalue weighted by molar-refractivity contribution is 9.10. The molecule has 2 aromatic rings. The van der Waals surface area contributed by atoms with Crippen LogP contribution in [0.1, 0.15) is 11.1 Å². The average molecular weight is 395 g/mol. The SMILES string of the molecule is COc1ccc(Br)cc1CNC[C@H](Cc1ccc(F)cc1)C(N)=O. The van der Waals surface area contributed by atoms with E-state index in [0.29, 0.717) is 19.5 Å². The van der Waals surface area contributed by atoms with Crippen molar-refractivity contribution in [2.75, 3.05) is 13.7 Å². The maximum atomic E-state index is 13.0. The van der Waals surface area contributed by atoms with Crippen LogP contribution in [0.2, 0.25) is 0 Å². The minimum absolute atomic E-state index is 0.297. The van der Waals surface area contributed by atoms with Gasteiger partial charge in [0.25, 0.3) is 0 Å². The maximum absolute atomic E-state index is 13.0. The second-order valence-corrected chi connectivity index (χ2v) is 6.43. The number of ether oxygens (including phenoxy) is 1. The first-order valence-corrected chi connectivity index (χ1v) is 8.35. The molecule has 0 aliphatic heterocycles. The van der Waals surface area contributed by atoms with E-state index in [1.165, 1.54) is 12.1 Å². The van der Waals surface area contributed by atoms with Crippen LogP contribution >= 0.6 is 15.9 Å². The molecule has 0 aliphatic rings. The van der Waals surface area contributed by atoms with Gasteiger partial charge in [-0.25, -0.2) is 4.39 Å². The van der Waals surface area contributed by atoms with E-state index in [1.807, 2.05) is 18.2 Å². The third-order valence-electron chi connectivity index (χ3n) is 3.75. The number of hydrogen-bond donors (Lipinski definition) is 2. The fraction of sp³-hybridized carbons (Fsp3) is 0.278. The van der Waals surface area contributed by atoms with Crippen LogP contribution in [0.5, 0.6) is 5.75 Å². The summed E-state index contributed by atoms with van der Waals surface area (Å²) in [5, 5.41) is 3.24. The van der Waals surface area contributed by atoms with E-state index in [4.69, 9.17) is 10.5 Å². The van der Waals surface area contributed by atoms with E-state index >= 15 is 0 Å². The Kier molecular flexibility index (Phi) is 6.75. The number of carbonyl (C=O) groups excluding carboxylic acids is 1. The Hall–Kier alpha value is -1.92. The molecule has 0 spiro atoms. The molecule has 3 N–H and O–H groups in total. The lowest BCUT2D eigenvalue weighted by Crippen LogP contribution is -2.34. The number of amides is 1. The fourth-order valence-corrected chi connectivity index (χ4v) is 2.85. The molecule has 2 rings (SSSR count).